The molecule has 1 unspecified atom stereocenters. The zero-order valence-electron chi connectivity index (χ0n) is 28.2. The van der Waals surface area contributed by atoms with Crippen LogP contribution in [0.5, 0.6) is 0 Å². The number of hydrogen-bond acceptors (Lipinski definition) is 5. The van der Waals surface area contributed by atoms with Crippen LogP contribution in [0.15, 0.2) is 54.6 Å². The van der Waals surface area contributed by atoms with Gasteiger partial charge in [-0.3, -0.25) is 4.79 Å². The first-order chi connectivity index (χ1) is 22.5. The summed E-state index contributed by atoms with van der Waals surface area (Å²) in [5.74, 6) is 10.7. The molecular formula is C39H50BN5O. The summed E-state index contributed by atoms with van der Waals surface area (Å²) < 4.78 is 0. The number of aryl methyl sites for hydroxylation is 1. The maximum atomic E-state index is 13.5. The number of likely N-dealkylation sites (tertiary alicyclic amines) is 1. The number of nitriles is 1. The number of nitrogens with zero attached hydrogens (tertiary/aromatic N) is 2. The van der Waals surface area contributed by atoms with Crippen LogP contribution in [-0.4, -0.2) is 56.3 Å². The van der Waals surface area contributed by atoms with Gasteiger partial charge in [0.2, 0.25) is 0 Å². The second-order valence-electron chi connectivity index (χ2n) is 13.1. The molecule has 3 aliphatic rings. The number of hydrogen-bond donors (Lipinski definition) is 3. The first-order valence-corrected chi connectivity index (χ1v) is 17.5. The molecular weight excluding hydrogens is 565 g/mol. The molecule has 3 N–H and O–H groups in total. The fraction of sp³-hybridized carbons (Fsp3) is 0.487. The molecule has 3 aromatic carbocycles. The third kappa shape index (κ3) is 8.32. The smallest absolute Gasteiger partial charge is 0.271 e. The Morgan fingerprint density at radius 3 is 2.46 bits per heavy atom. The lowest BCUT2D eigenvalue weighted by atomic mass is 9.34. The Morgan fingerprint density at radius 2 is 1.74 bits per heavy atom. The van der Waals surface area contributed by atoms with E-state index < -0.39 is 0 Å². The predicted octanol–water partition coefficient (Wildman–Crippen LogP) is 7.08. The zero-order valence-corrected chi connectivity index (χ0v) is 28.2. The number of fused-ring (bicyclic) bond motifs is 1. The zero-order chi connectivity index (χ0) is 32.5. The standard InChI is InChI=1S/C37H44BN5O.C2H6/c1-26-7-11-31(42-32-22-38(23-32)25-39)21-36(26)37(44)41-27(2)33-12-10-30(34-5-3-4-6-35(33)34)9-8-28-15-19-43(20-16-28)24-29-13-17-40-18-14-29;1-2/h3-7,10-12,21,27-29,32,40,42H,13-20,22-24H2,1-2H3,(H,41,44);1-2H3. The van der Waals surface area contributed by atoms with E-state index >= 15 is 0 Å². The second-order valence-corrected chi connectivity index (χ2v) is 13.1. The highest BCUT2D eigenvalue weighted by molar-refractivity contribution is 6.70. The summed E-state index contributed by atoms with van der Waals surface area (Å²) in [5.41, 5.74) is 4.69. The van der Waals surface area contributed by atoms with Crippen LogP contribution in [0.1, 0.15) is 79.5 Å². The number of piperidine rings is 2. The molecule has 0 saturated carbocycles. The molecule has 3 aliphatic heterocycles. The van der Waals surface area contributed by atoms with Crippen LogP contribution in [0.25, 0.3) is 10.8 Å². The molecule has 7 heteroatoms. The van der Waals surface area contributed by atoms with E-state index in [1.165, 1.54) is 32.5 Å². The van der Waals surface area contributed by atoms with Gasteiger partial charge in [-0.2, -0.15) is 0 Å². The lowest BCUT2D eigenvalue weighted by molar-refractivity contribution is 0.0939. The van der Waals surface area contributed by atoms with E-state index in [0.29, 0.717) is 17.5 Å². The first-order valence-electron chi connectivity index (χ1n) is 17.5. The Kier molecular flexibility index (Phi) is 11.8. The van der Waals surface area contributed by atoms with Crippen molar-refractivity contribution in [1.82, 2.24) is 15.5 Å². The SMILES string of the molecule is CC.Cc1ccc(NC2CB(C#N)C2)cc1C(=O)NC(C)c1ccc(C#CC2CCN(CC3CCNCC3)CC2)c2ccccc12. The van der Waals surface area contributed by atoms with Crippen molar-refractivity contribution >= 4 is 29.1 Å². The van der Waals surface area contributed by atoms with Crippen molar-refractivity contribution in [3.05, 3.63) is 76.9 Å². The third-order valence-electron chi connectivity index (χ3n) is 9.92. The minimum absolute atomic E-state index is 0.0818. The maximum Gasteiger partial charge on any atom is 0.271 e. The highest BCUT2D eigenvalue weighted by atomic mass is 16.1. The minimum atomic E-state index is -0.169. The van der Waals surface area contributed by atoms with Gasteiger partial charge in [-0.15, -0.1) is 0 Å². The molecule has 6 nitrogen and oxygen atoms in total. The van der Waals surface area contributed by atoms with Gasteiger partial charge in [0, 0.05) is 41.3 Å². The van der Waals surface area contributed by atoms with Crippen molar-refractivity contribution < 1.29 is 4.79 Å². The number of nitrogens with one attached hydrogen (secondary N) is 3. The molecule has 3 fully saturated rings. The lowest BCUT2D eigenvalue weighted by Crippen LogP contribution is -2.40. The van der Waals surface area contributed by atoms with Crippen LogP contribution >= 0.6 is 0 Å². The lowest BCUT2D eigenvalue weighted by Gasteiger charge is -2.34. The summed E-state index contributed by atoms with van der Waals surface area (Å²) in [4.78, 5) is 16.1. The van der Waals surface area contributed by atoms with Gasteiger partial charge in [-0.05, 0) is 124 Å². The molecule has 0 radical (unpaired) electrons. The molecule has 0 aromatic heterocycles. The Labute approximate surface area is 276 Å². The van der Waals surface area contributed by atoms with Crippen LogP contribution in [0.3, 0.4) is 0 Å². The summed E-state index contributed by atoms with van der Waals surface area (Å²) in [6, 6.07) is 18.7. The molecule has 46 heavy (non-hydrogen) atoms. The van der Waals surface area contributed by atoms with Crippen molar-refractivity contribution in [3.8, 4) is 17.8 Å². The largest absolute Gasteiger partial charge is 0.384 e. The normalized spacial score (nSPS) is 18.3. The molecule has 0 aliphatic carbocycles. The molecule has 3 saturated heterocycles. The van der Waals surface area contributed by atoms with Crippen molar-refractivity contribution in [2.24, 2.45) is 11.8 Å². The summed E-state index contributed by atoms with van der Waals surface area (Å²) >= 11 is 0. The van der Waals surface area contributed by atoms with Gasteiger partial charge >= 0.3 is 0 Å². The topological polar surface area (TPSA) is 80.2 Å². The van der Waals surface area contributed by atoms with Crippen molar-refractivity contribution in [1.29, 1.82) is 5.26 Å². The highest BCUT2D eigenvalue weighted by Crippen LogP contribution is 2.29. The molecule has 0 bridgehead atoms. The summed E-state index contributed by atoms with van der Waals surface area (Å²) in [6.07, 6.45) is 6.62. The molecule has 3 aromatic rings. The van der Waals surface area contributed by atoms with Gasteiger partial charge in [0.25, 0.3) is 12.6 Å². The van der Waals surface area contributed by atoms with Gasteiger partial charge in [0.1, 0.15) is 0 Å². The minimum Gasteiger partial charge on any atom is -0.384 e. The monoisotopic (exact) mass is 615 g/mol. The van der Waals surface area contributed by atoms with E-state index in [-0.39, 0.29) is 18.7 Å². The number of carbonyl (C=O) groups excluding carboxylic acids is 1. The number of amides is 1. The van der Waals surface area contributed by atoms with E-state index in [2.05, 4.69) is 82.0 Å². The summed E-state index contributed by atoms with van der Waals surface area (Å²) in [5, 5.41) is 21.6. The van der Waals surface area contributed by atoms with Gasteiger partial charge in [0.05, 0.1) is 6.04 Å². The van der Waals surface area contributed by atoms with Gasteiger partial charge in [-0.25, -0.2) is 5.26 Å². The number of anilines is 1. The van der Waals surface area contributed by atoms with Gasteiger partial charge in [-0.1, -0.05) is 62.1 Å². The van der Waals surface area contributed by atoms with Crippen LogP contribution in [0.2, 0.25) is 12.6 Å². The number of rotatable bonds is 7. The molecule has 3 heterocycles. The Balaban J connectivity index is 0.00000204. The average Bonchev–Trinajstić information content (AvgIpc) is 3.07. The first kappa shape index (κ1) is 33.6. The quantitative estimate of drug-likeness (QED) is 0.196. The predicted molar refractivity (Wildman–Crippen MR) is 192 cm³/mol. The molecule has 0 spiro atoms. The Hall–Kier alpha value is -3.78. The molecule has 1 amide bonds. The summed E-state index contributed by atoms with van der Waals surface area (Å²) in [6.45, 7) is 14.1. The van der Waals surface area contributed by atoms with Crippen LogP contribution in [0, 0.1) is 41.8 Å². The van der Waals surface area contributed by atoms with Crippen LogP contribution in [-0.2, 0) is 0 Å². The van der Waals surface area contributed by atoms with Gasteiger partial charge in [0.15, 0.2) is 0 Å². The molecule has 240 valence electrons. The Bertz CT molecular complexity index is 1580. The molecule has 6 rings (SSSR count). The fourth-order valence-corrected chi connectivity index (χ4v) is 7.06. The van der Waals surface area contributed by atoms with E-state index in [0.717, 1.165) is 77.6 Å². The third-order valence-corrected chi connectivity index (χ3v) is 9.92. The second kappa shape index (κ2) is 16.2. The average molecular weight is 616 g/mol. The number of carbonyl (C=O) groups is 1. The van der Waals surface area contributed by atoms with Crippen LogP contribution in [0.4, 0.5) is 5.69 Å². The van der Waals surface area contributed by atoms with E-state index in [1.54, 1.807) is 0 Å². The fourth-order valence-electron chi connectivity index (χ4n) is 7.06. The van der Waals surface area contributed by atoms with E-state index in [9.17, 15) is 4.79 Å². The van der Waals surface area contributed by atoms with E-state index in [4.69, 9.17) is 5.26 Å². The van der Waals surface area contributed by atoms with Crippen molar-refractivity contribution in [3.63, 3.8) is 0 Å². The highest BCUT2D eigenvalue weighted by Gasteiger charge is 2.33. The molecule has 1 atom stereocenters. The summed E-state index contributed by atoms with van der Waals surface area (Å²) in [7, 11) is 0. The number of benzene rings is 3. The Morgan fingerprint density at radius 1 is 1.02 bits per heavy atom. The van der Waals surface area contributed by atoms with Crippen molar-refractivity contribution in [2.75, 3.05) is 38.0 Å². The van der Waals surface area contributed by atoms with E-state index in [1.807, 2.05) is 39.0 Å². The van der Waals surface area contributed by atoms with Gasteiger partial charge < -0.3 is 20.9 Å². The maximum absolute atomic E-state index is 13.5. The van der Waals surface area contributed by atoms with Crippen LogP contribution < -0.4 is 16.0 Å². The van der Waals surface area contributed by atoms with Crippen molar-refractivity contribution in [2.45, 2.75) is 78.1 Å².